The summed E-state index contributed by atoms with van der Waals surface area (Å²) in [6.07, 6.45) is 5.61. The molecule has 0 amide bonds. The highest BCUT2D eigenvalue weighted by Gasteiger charge is 2.24. The Hall–Kier alpha value is -3.04. The maximum atomic E-state index is 12.9. The second kappa shape index (κ2) is 7.91. The van der Waals surface area contributed by atoms with Crippen LogP contribution in [-0.4, -0.2) is 22.9 Å². The van der Waals surface area contributed by atoms with Gasteiger partial charge in [0, 0.05) is 36.3 Å². The Kier molecular flexibility index (Phi) is 5.57. The van der Waals surface area contributed by atoms with Crippen molar-refractivity contribution < 1.29 is 13.3 Å². The van der Waals surface area contributed by atoms with Gasteiger partial charge in [-0.15, -0.1) is 0 Å². The van der Waals surface area contributed by atoms with E-state index in [1.54, 1.807) is 26.4 Å². The Morgan fingerprint density at radius 3 is 2.50 bits per heavy atom. The lowest BCUT2D eigenvalue weighted by molar-refractivity contribution is -0.385. The van der Waals surface area contributed by atoms with Crippen molar-refractivity contribution in [1.29, 1.82) is 0 Å². The number of nitro groups is 1. The third-order valence-electron chi connectivity index (χ3n) is 4.46. The number of non-ortho nitro benzene ring substituents is 1. The van der Waals surface area contributed by atoms with Crippen LogP contribution in [0.2, 0.25) is 0 Å². The number of hydrogen-bond donors (Lipinski definition) is 1. The largest absolute Gasteiger partial charge is 0.306 e. The first-order valence-electron chi connectivity index (χ1n) is 8.69. The van der Waals surface area contributed by atoms with E-state index in [1.807, 2.05) is 35.0 Å². The molecule has 0 aliphatic heterocycles. The standard InChI is InChI=1S/C19H20N4O4S/c1-3-15-4-9-18(23(24)25)12-19(15)28(26,27)21-14(2)16-5-7-17(8-6-16)22-11-10-20-13-22/h4-14,21H,3H2,1-2H3. The van der Waals surface area contributed by atoms with Gasteiger partial charge in [0.15, 0.2) is 0 Å². The minimum atomic E-state index is -3.93. The van der Waals surface area contributed by atoms with Crippen molar-refractivity contribution in [2.24, 2.45) is 0 Å². The zero-order chi connectivity index (χ0) is 20.3. The molecule has 0 fully saturated rings. The van der Waals surface area contributed by atoms with E-state index in [-0.39, 0.29) is 10.6 Å². The van der Waals surface area contributed by atoms with Crippen molar-refractivity contribution in [2.75, 3.05) is 0 Å². The molecule has 0 spiro atoms. The van der Waals surface area contributed by atoms with Crippen LogP contribution < -0.4 is 4.72 Å². The predicted molar refractivity (Wildman–Crippen MR) is 105 cm³/mol. The number of imidazole rings is 1. The van der Waals surface area contributed by atoms with Crippen LogP contribution in [0.5, 0.6) is 0 Å². The van der Waals surface area contributed by atoms with Crippen LogP contribution in [0.15, 0.2) is 66.1 Å². The van der Waals surface area contributed by atoms with Gasteiger partial charge in [-0.25, -0.2) is 18.1 Å². The van der Waals surface area contributed by atoms with Crippen molar-refractivity contribution in [3.8, 4) is 5.69 Å². The van der Waals surface area contributed by atoms with Crippen LogP contribution in [0.25, 0.3) is 5.69 Å². The summed E-state index contributed by atoms with van der Waals surface area (Å²) in [5.41, 5.74) is 1.95. The topological polar surface area (TPSA) is 107 Å². The fourth-order valence-corrected chi connectivity index (χ4v) is 4.47. The zero-order valence-corrected chi connectivity index (χ0v) is 16.3. The summed E-state index contributed by atoms with van der Waals surface area (Å²) in [5.74, 6) is 0. The normalized spacial score (nSPS) is 12.6. The molecule has 28 heavy (non-hydrogen) atoms. The Morgan fingerprint density at radius 2 is 1.93 bits per heavy atom. The number of hydrogen-bond acceptors (Lipinski definition) is 5. The SMILES string of the molecule is CCc1ccc([N+](=O)[O-])cc1S(=O)(=O)NC(C)c1ccc(-n2ccnc2)cc1. The van der Waals surface area contributed by atoms with Gasteiger partial charge in [-0.3, -0.25) is 10.1 Å². The summed E-state index contributed by atoms with van der Waals surface area (Å²) in [5, 5.41) is 11.0. The number of aryl methyl sites for hydroxylation is 1. The molecular formula is C19H20N4O4S. The Morgan fingerprint density at radius 1 is 1.21 bits per heavy atom. The van der Waals surface area contributed by atoms with E-state index in [0.29, 0.717) is 12.0 Å². The summed E-state index contributed by atoms with van der Waals surface area (Å²) < 4.78 is 30.2. The minimum absolute atomic E-state index is 0.0638. The van der Waals surface area contributed by atoms with Crippen molar-refractivity contribution in [3.63, 3.8) is 0 Å². The van der Waals surface area contributed by atoms with Crippen LogP contribution in [0.1, 0.15) is 31.0 Å². The zero-order valence-electron chi connectivity index (χ0n) is 15.4. The first-order valence-corrected chi connectivity index (χ1v) is 10.2. The maximum absolute atomic E-state index is 12.9. The lowest BCUT2D eigenvalue weighted by Crippen LogP contribution is -2.27. The molecule has 0 radical (unpaired) electrons. The molecule has 8 nitrogen and oxygen atoms in total. The number of rotatable bonds is 7. The highest BCUT2D eigenvalue weighted by atomic mass is 32.2. The molecule has 1 aromatic heterocycles. The monoisotopic (exact) mass is 400 g/mol. The van der Waals surface area contributed by atoms with Crippen LogP contribution in [0.3, 0.4) is 0 Å². The summed E-state index contributed by atoms with van der Waals surface area (Å²) in [6.45, 7) is 3.53. The molecule has 146 valence electrons. The number of nitrogens with zero attached hydrogens (tertiary/aromatic N) is 3. The van der Waals surface area contributed by atoms with Gasteiger partial charge in [0.2, 0.25) is 10.0 Å². The molecule has 3 aromatic rings. The molecule has 0 aliphatic carbocycles. The van der Waals surface area contributed by atoms with Gasteiger partial charge in [-0.05, 0) is 36.6 Å². The lowest BCUT2D eigenvalue weighted by atomic mass is 10.1. The molecule has 1 atom stereocenters. The number of nitrogens with one attached hydrogen (secondary N) is 1. The number of nitro benzene ring substituents is 1. The molecule has 1 N–H and O–H groups in total. The van der Waals surface area contributed by atoms with E-state index in [1.165, 1.54) is 12.1 Å². The van der Waals surface area contributed by atoms with Gasteiger partial charge >= 0.3 is 0 Å². The second-order valence-corrected chi connectivity index (χ2v) is 7.99. The molecule has 0 saturated carbocycles. The second-order valence-electron chi connectivity index (χ2n) is 6.31. The van der Waals surface area contributed by atoms with E-state index < -0.39 is 21.0 Å². The van der Waals surface area contributed by atoms with Gasteiger partial charge in [0.05, 0.1) is 16.1 Å². The van der Waals surface area contributed by atoms with Crippen molar-refractivity contribution >= 4 is 15.7 Å². The minimum Gasteiger partial charge on any atom is -0.306 e. The number of benzene rings is 2. The van der Waals surface area contributed by atoms with E-state index in [4.69, 9.17) is 0 Å². The summed E-state index contributed by atoms with van der Waals surface area (Å²) in [4.78, 5) is 14.4. The fraction of sp³-hybridized carbons (Fsp3) is 0.211. The number of aromatic nitrogens is 2. The molecule has 2 aromatic carbocycles. The van der Waals surface area contributed by atoms with Crippen LogP contribution in [0.4, 0.5) is 5.69 Å². The molecule has 3 rings (SSSR count). The fourth-order valence-electron chi connectivity index (χ4n) is 2.91. The van der Waals surface area contributed by atoms with Crippen LogP contribution in [-0.2, 0) is 16.4 Å². The number of sulfonamides is 1. The molecule has 0 saturated heterocycles. The van der Waals surface area contributed by atoms with Gasteiger partial charge < -0.3 is 4.57 Å². The van der Waals surface area contributed by atoms with Crippen LogP contribution >= 0.6 is 0 Å². The molecule has 1 heterocycles. The molecule has 0 bridgehead atoms. The van der Waals surface area contributed by atoms with Gasteiger partial charge in [0.1, 0.15) is 0 Å². The summed E-state index contributed by atoms with van der Waals surface area (Å²) >= 11 is 0. The maximum Gasteiger partial charge on any atom is 0.270 e. The Balaban J connectivity index is 1.86. The molecular weight excluding hydrogens is 380 g/mol. The smallest absolute Gasteiger partial charge is 0.270 e. The van der Waals surface area contributed by atoms with Crippen molar-refractivity contribution in [1.82, 2.24) is 14.3 Å². The highest BCUT2D eigenvalue weighted by Crippen LogP contribution is 2.25. The van der Waals surface area contributed by atoms with E-state index >= 15 is 0 Å². The van der Waals surface area contributed by atoms with E-state index in [0.717, 1.165) is 17.3 Å². The lowest BCUT2D eigenvalue weighted by Gasteiger charge is -2.17. The average molecular weight is 400 g/mol. The third kappa shape index (κ3) is 4.10. The molecule has 0 aliphatic rings. The predicted octanol–water partition coefficient (Wildman–Crippen LogP) is 3.38. The summed E-state index contributed by atoms with van der Waals surface area (Å²) in [6, 6.07) is 10.8. The Bertz CT molecular complexity index is 1080. The van der Waals surface area contributed by atoms with E-state index in [2.05, 4.69) is 9.71 Å². The van der Waals surface area contributed by atoms with Crippen molar-refractivity contribution in [3.05, 3.63) is 82.4 Å². The molecule has 9 heteroatoms. The molecule has 1 unspecified atom stereocenters. The third-order valence-corrected chi connectivity index (χ3v) is 6.08. The van der Waals surface area contributed by atoms with Crippen LogP contribution in [0, 0.1) is 10.1 Å². The van der Waals surface area contributed by atoms with Gasteiger partial charge in [0.25, 0.3) is 5.69 Å². The van der Waals surface area contributed by atoms with E-state index in [9.17, 15) is 18.5 Å². The average Bonchev–Trinajstić information content (AvgIpc) is 3.22. The quantitative estimate of drug-likeness (QED) is 0.483. The first kappa shape index (κ1) is 19.7. The Labute approximate surface area is 163 Å². The first-order chi connectivity index (χ1) is 13.3. The van der Waals surface area contributed by atoms with Gasteiger partial charge in [-0.2, -0.15) is 0 Å². The highest BCUT2D eigenvalue weighted by molar-refractivity contribution is 7.89. The van der Waals surface area contributed by atoms with Crippen molar-refractivity contribution in [2.45, 2.75) is 31.2 Å². The van der Waals surface area contributed by atoms with Gasteiger partial charge in [-0.1, -0.05) is 25.1 Å². The summed E-state index contributed by atoms with van der Waals surface area (Å²) in [7, 11) is -3.93.